The molecule has 0 saturated heterocycles. The summed E-state index contributed by atoms with van der Waals surface area (Å²) in [7, 11) is -5.84. The zero-order valence-corrected chi connectivity index (χ0v) is 18.8. The molecule has 0 unspecified atom stereocenters. The molecule has 1 heterocycles. The number of primary amides is 1. The first-order chi connectivity index (χ1) is 12.6. The summed E-state index contributed by atoms with van der Waals surface area (Å²) in [4.78, 5) is 18.8. The van der Waals surface area contributed by atoms with E-state index in [2.05, 4.69) is 20.9 Å². The van der Waals surface area contributed by atoms with Crippen LogP contribution in [0.1, 0.15) is 10.4 Å². The molecular weight excluding hydrogens is 506 g/mol. The molecule has 152 valence electrons. The first-order valence-electron chi connectivity index (χ1n) is 7.92. The van der Waals surface area contributed by atoms with Gasteiger partial charge in [-0.1, -0.05) is 0 Å². The number of fused-ring (bicyclic) bond motifs is 3. The van der Waals surface area contributed by atoms with Crippen molar-refractivity contribution >= 4 is 59.9 Å². The van der Waals surface area contributed by atoms with Crippen molar-refractivity contribution in [3.05, 3.63) is 42.0 Å². The monoisotopic (exact) mass is 525 g/mol. The summed E-state index contributed by atoms with van der Waals surface area (Å²) in [5.41, 5.74) is 2.19. The first kappa shape index (κ1) is 22.5. The van der Waals surface area contributed by atoms with Gasteiger partial charge >= 0.3 is 137 Å². The van der Waals surface area contributed by atoms with Gasteiger partial charge in [-0.05, 0) is 0 Å². The fourth-order valence-corrected chi connectivity index (χ4v) is 5.74. The van der Waals surface area contributed by atoms with Crippen LogP contribution in [0.25, 0.3) is 21.9 Å². The summed E-state index contributed by atoms with van der Waals surface area (Å²) >= 11 is -2.30. The molecule has 0 atom stereocenters. The molecule has 2 aromatic carbocycles. The van der Waals surface area contributed by atoms with Crippen molar-refractivity contribution in [3.8, 4) is 0 Å². The Morgan fingerprint density at radius 2 is 1.64 bits per heavy atom. The second-order valence-corrected chi connectivity index (χ2v) is 22.9. The third-order valence-electron chi connectivity index (χ3n) is 3.90. The normalized spacial score (nSPS) is 12.7. The Morgan fingerprint density at radius 3 is 2.11 bits per heavy atom. The Bertz CT molecular complexity index is 1150. The van der Waals surface area contributed by atoms with Crippen LogP contribution >= 0.6 is 0 Å². The maximum atomic E-state index is 11.8. The van der Waals surface area contributed by atoms with Gasteiger partial charge in [0.1, 0.15) is 0 Å². The number of amides is 1. The number of benzene rings is 2. The van der Waals surface area contributed by atoms with Crippen molar-refractivity contribution in [2.24, 2.45) is 5.73 Å². The molecular formula is C17H18F3NO5SSn. The number of alkyl halides is 3. The Balaban J connectivity index is 0.000000300. The van der Waals surface area contributed by atoms with Crippen LogP contribution in [-0.4, -0.2) is 42.8 Å². The third-order valence-corrected chi connectivity index (χ3v) is 10.3. The van der Waals surface area contributed by atoms with Crippen LogP contribution in [0, 0.1) is 0 Å². The van der Waals surface area contributed by atoms with Crippen LogP contribution in [0.5, 0.6) is 0 Å². The molecule has 0 aliphatic carbocycles. The van der Waals surface area contributed by atoms with E-state index in [9.17, 15) is 18.0 Å². The van der Waals surface area contributed by atoms with Gasteiger partial charge in [-0.2, -0.15) is 21.6 Å². The molecule has 1 aromatic heterocycles. The summed E-state index contributed by atoms with van der Waals surface area (Å²) in [6.45, 7) is 0. The Kier molecular flexibility index (Phi) is 6.07. The molecule has 11 heteroatoms. The van der Waals surface area contributed by atoms with Gasteiger partial charge in [-0.3, -0.25) is 4.55 Å². The van der Waals surface area contributed by atoms with E-state index in [0.717, 1.165) is 21.9 Å². The van der Waals surface area contributed by atoms with Gasteiger partial charge < -0.3 is 0 Å². The van der Waals surface area contributed by atoms with Gasteiger partial charge in [-0.15, -0.1) is 0 Å². The van der Waals surface area contributed by atoms with Gasteiger partial charge in [0.15, 0.2) is 0 Å². The summed E-state index contributed by atoms with van der Waals surface area (Å²) in [5, 5.41) is 1.79. The first-order valence-corrected chi connectivity index (χ1v) is 19.3. The van der Waals surface area contributed by atoms with Gasteiger partial charge in [-0.25, -0.2) is 0 Å². The van der Waals surface area contributed by atoms with E-state index in [1.165, 1.54) is 3.58 Å². The molecule has 0 spiro atoms. The third kappa shape index (κ3) is 4.78. The molecule has 0 bridgehead atoms. The second-order valence-electron chi connectivity index (χ2n) is 7.03. The van der Waals surface area contributed by atoms with Gasteiger partial charge in [0.05, 0.1) is 0 Å². The number of hydrogen-bond donors (Lipinski definition) is 2. The van der Waals surface area contributed by atoms with Crippen LogP contribution in [0.3, 0.4) is 0 Å². The topological polar surface area (TPSA) is 111 Å². The van der Waals surface area contributed by atoms with E-state index in [-0.39, 0.29) is 5.91 Å². The molecule has 1 amide bonds. The molecule has 28 heavy (non-hydrogen) atoms. The van der Waals surface area contributed by atoms with Gasteiger partial charge in [0, 0.05) is 0 Å². The molecule has 6 nitrogen and oxygen atoms in total. The van der Waals surface area contributed by atoms with Crippen molar-refractivity contribution in [3.63, 3.8) is 0 Å². The van der Waals surface area contributed by atoms with E-state index in [1.54, 1.807) is 0 Å². The van der Waals surface area contributed by atoms with E-state index in [4.69, 9.17) is 23.1 Å². The number of furan rings is 1. The standard InChI is InChI=1S/C13H8NO2.CHF3O3S.3CH3.Sn/c14-13(15)9-5-3-7-11-12(9)8-4-1-2-6-10(8)16-11;2-1(3,4)8(5,6)7;;;;/h1-2,4-7H,(H2,14,15);(H,5,6,7);3*1H3;. The van der Waals surface area contributed by atoms with E-state index in [0.29, 0.717) is 5.56 Å². The number of rotatable bonds is 2. The predicted molar refractivity (Wildman–Crippen MR) is 103 cm³/mol. The zero-order chi connectivity index (χ0) is 21.5. The van der Waals surface area contributed by atoms with E-state index >= 15 is 0 Å². The quantitative estimate of drug-likeness (QED) is 0.303. The maximum absolute atomic E-state index is 11.8. The molecule has 3 aromatic rings. The number of para-hydroxylation sites is 1. The molecule has 0 radical (unpaired) electrons. The Labute approximate surface area is 163 Å². The summed E-state index contributed by atoms with van der Waals surface area (Å²) in [5.74, 6) is -0.390. The fourth-order valence-electron chi connectivity index (χ4n) is 2.48. The van der Waals surface area contributed by atoms with Crippen molar-refractivity contribution < 1.29 is 35.4 Å². The van der Waals surface area contributed by atoms with Gasteiger partial charge in [0.2, 0.25) is 0 Å². The molecule has 0 aliphatic heterocycles. The number of carbonyl (C=O) groups excluding carboxylic acids is 1. The SMILES string of the molecule is O=S(=O)(O)C(F)(F)F.[CH3][Sn]([CH3])([CH3])[c]1cc(C(N)=O)c2c(c1)oc1ccccc12. The Hall–Kier alpha value is -1.79. The summed E-state index contributed by atoms with van der Waals surface area (Å²) < 4.78 is 64.7. The summed E-state index contributed by atoms with van der Waals surface area (Å²) in [6.07, 6.45) is 0. The predicted octanol–water partition coefficient (Wildman–Crippen LogP) is 3.62. The molecule has 0 saturated carbocycles. The second kappa shape index (κ2) is 7.56. The van der Waals surface area contributed by atoms with Crippen LogP contribution in [0.15, 0.2) is 40.8 Å². The molecule has 3 N–H and O–H groups in total. The number of nitrogens with two attached hydrogens (primary N) is 1. The number of hydrogen-bond acceptors (Lipinski definition) is 4. The van der Waals surface area contributed by atoms with Crippen molar-refractivity contribution in [2.45, 2.75) is 20.3 Å². The van der Waals surface area contributed by atoms with Crippen molar-refractivity contribution in [2.75, 3.05) is 0 Å². The molecule has 0 aliphatic rings. The van der Waals surface area contributed by atoms with Crippen molar-refractivity contribution in [1.82, 2.24) is 0 Å². The average molecular weight is 524 g/mol. The number of carbonyl (C=O) groups is 1. The summed E-state index contributed by atoms with van der Waals surface area (Å²) in [6, 6.07) is 11.8. The average Bonchev–Trinajstić information content (AvgIpc) is 2.90. The fraction of sp³-hybridized carbons (Fsp3) is 0.235. The Morgan fingerprint density at radius 1 is 1.11 bits per heavy atom. The van der Waals surface area contributed by atoms with Crippen LogP contribution in [0.4, 0.5) is 13.2 Å². The van der Waals surface area contributed by atoms with Crippen LogP contribution < -0.4 is 9.31 Å². The number of halogens is 3. The van der Waals surface area contributed by atoms with Crippen LogP contribution in [-0.2, 0) is 10.1 Å². The zero-order valence-electron chi connectivity index (χ0n) is 15.2. The minimum atomic E-state index is -5.84. The van der Waals surface area contributed by atoms with E-state index < -0.39 is 34.0 Å². The molecule has 3 rings (SSSR count). The van der Waals surface area contributed by atoms with Crippen LogP contribution in [0.2, 0.25) is 14.8 Å². The minimum absolute atomic E-state index is 0.390. The molecule has 0 fully saturated rings. The van der Waals surface area contributed by atoms with Gasteiger partial charge in [0.25, 0.3) is 0 Å². The van der Waals surface area contributed by atoms with E-state index in [1.807, 2.05) is 30.3 Å². The van der Waals surface area contributed by atoms with Crippen molar-refractivity contribution in [1.29, 1.82) is 0 Å².